The van der Waals surface area contributed by atoms with E-state index >= 15 is 0 Å². The summed E-state index contributed by atoms with van der Waals surface area (Å²) in [6.45, 7) is 12.6. The van der Waals surface area contributed by atoms with Crippen molar-refractivity contribution >= 4 is 33.8 Å². The van der Waals surface area contributed by atoms with E-state index in [9.17, 15) is 27.0 Å². The highest BCUT2D eigenvalue weighted by molar-refractivity contribution is 7.99. The highest BCUT2D eigenvalue weighted by atomic mass is 32.2. The Morgan fingerprint density at radius 3 is 2.37 bits per heavy atom. The van der Waals surface area contributed by atoms with Crippen LogP contribution < -0.4 is 0 Å². The van der Waals surface area contributed by atoms with Crippen LogP contribution in [0.5, 0.6) is 0 Å². The fraction of sp³-hybridized carbons (Fsp3) is 0.588. The average Bonchev–Trinajstić information content (AvgIpc) is 3.52. The van der Waals surface area contributed by atoms with Gasteiger partial charge in [-0.2, -0.15) is 0 Å². The largest absolute Gasteiger partial charge is 0.748 e. The third-order valence-corrected chi connectivity index (χ3v) is 13.2. The molecule has 46 heavy (non-hydrogen) atoms. The zero-order valence-corrected chi connectivity index (χ0v) is 28.4. The van der Waals surface area contributed by atoms with Gasteiger partial charge in [0.15, 0.2) is 0 Å². The van der Waals surface area contributed by atoms with Crippen molar-refractivity contribution in [3.05, 3.63) is 58.9 Å². The Bertz CT molecular complexity index is 1610. The monoisotopic (exact) mass is 672 g/mol. The first-order valence-corrected chi connectivity index (χ1v) is 18.6. The highest BCUT2D eigenvalue weighted by Gasteiger charge is 2.64. The Kier molecular flexibility index (Phi) is 9.32. The van der Waals surface area contributed by atoms with E-state index in [1.54, 1.807) is 28.8 Å². The minimum atomic E-state index is -4.33. The molecule has 2 bridgehead atoms. The summed E-state index contributed by atoms with van der Waals surface area (Å²) in [5.41, 5.74) is 2.49. The van der Waals surface area contributed by atoms with Gasteiger partial charge >= 0.3 is 6.09 Å². The maximum absolute atomic E-state index is 14.2. The molecule has 0 N–H and O–H groups in total. The van der Waals surface area contributed by atoms with Gasteiger partial charge in [0.2, 0.25) is 0 Å². The minimum absolute atomic E-state index is 0.0248. The molecule has 1 amide bonds. The summed E-state index contributed by atoms with van der Waals surface area (Å²) < 4.78 is 51.9. The SMILES string of the molecule is CC1(C)C2CC[C@@]1(CS(=O)(=O)[O-])C(=O)C2.Cc1ccc2c(c1)C[C@H](N1CCN(CCN3CCOC3=O)CC1)c1cc(F)ccc1S2. The molecule has 0 spiro atoms. The number of halogens is 1. The van der Waals surface area contributed by atoms with Gasteiger partial charge in [-0.15, -0.1) is 0 Å². The molecule has 250 valence electrons. The van der Waals surface area contributed by atoms with Crippen LogP contribution in [0.25, 0.3) is 0 Å². The number of carbonyl (C=O) groups is 2. The molecule has 2 aromatic carbocycles. The van der Waals surface area contributed by atoms with Crippen LogP contribution in [-0.2, 0) is 26.1 Å². The third kappa shape index (κ3) is 6.60. The summed E-state index contributed by atoms with van der Waals surface area (Å²) in [4.78, 5) is 32.6. The first kappa shape index (κ1) is 33.4. The van der Waals surface area contributed by atoms with Crippen LogP contribution in [0.3, 0.4) is 0 Å². The lowest BCUT2D eigenvalue weighted by atomic mass is 9.70. The number of rotatable bonds is 6. The van der Waals surface area contributed by atoms with Gasteiger partial charge in [0.1, 0.15) is 18.2 Å². The van der Waals surface area contributed by atoms with Gasteiger partial charge in [-0.3, -0.25) is 14.6 Å². The molecule has 5 aliphatic rings. The summed E-state index contributed by atoms with van der Waals surface area (Å²) >= 11 is 1.76. The first-order chi connectivity index (χ1) is 21.8. The second-order valence-corrected chi connectivity index (χ2v) is 16.5. The van der Waals surface area contributed by atoms with Gasteiger partial charge in [-0.1, -0.05) is 43.3 Å². The molecule has 0 radical (unpaired) electrons. The molecule has 3 heterocycles. The molecular formula is C34H43FN3O6S2-. The van der Waals surface area contributed by atoms with Crippen molar-refractivity contribution < 1.29 is 31.7 Å². The number of cyclic esters (lactones) is 1. The fourth-order valence-corrected chi connectivity index (χ4v) is 10.6. The number of hydrogen-bond donors (Lipinski definition) is 0. The van der Waals surface area contributed by atoms with Gasteiger partial charge in [0.05, 0.1) is 22.4 Å². The number of benzene rings is 2. The number of aryl methyl sites for hydroxylation is 1. The summed E-state index contributed by atoms with van der Waals surface area (Å²) in [6.07, 6.45) is 2.59. The fourth-order valence-electron chi connectivity index (χ4n) is 8.20. The van der Waals surface area contributed by atoms with Crippen molar-refractivity contribution in [1.29, 1.82) is 0 Å². The number of piperazine rings is 1. The van der Waals surface area contributed by atoms with Crippen LogP contribution in [0.1, 0.15) is 55.8 Å². The molecule has 0 aromatic heterocycles. The normalized spacial score (nSPS) is 27.5. The number of ketones is 1. The van der Waals surface area contributed by atoms with Gasteiger partial charge in [-0.25, -0.2) is 17.6 Å². The summed E-state index contributed by atoms with van der Waals surface area (Å²) in [5, 5.41) is 0. The van der Waals surface area contributed by atoms with Crippen LogP contribution in [0.15, 0.2) is 46.2 Å². The lowest BCUT2D eigenvalue weighted by Gasteiger charge is -2.40. The molecule has 4 fully saturated rings. The molecule has 2 saturated carbocycles. The van der Waals surface area contributed by atoms with E-state index in [2.05, 4.69) is 34.9 Å². The number of hydrogen-bond acceptors (Lipinski definition) is 9. The molecule has 2 aromatic rings. The Balaban J connectivity index is 0.000000208. The van der Waals surface area contributed by atoms with E-state index in [0.29, 0.717) is 26.0 Å². The van der Waals surface area contributed by atoms with Gasteiger partial charge in [0, 0.05) is 66.9 Å². The number of carbonyl (C=O) groups excluding carboxylic acids is 2. The van der Waals surface area contributed by atoms with E-state index in [0.717, 1.165) is 62.6 Å². The van der Waals surface area contributed by atoms with Crippen LogP contribution in [0, 0.1) is 29.5 Å². The molecule has 3 aliphatic heterocycles. The molecule has 2 saturated heterocycles. The number of amides is 1. The van der Waals surface area contributed by atoms with E-state index in [1.165, 1.54) is 16.0 Å². The maximum atomic E-state index is 14.2. The lowest BCUT2D eigenvalue weighted by molar-refractivity contribution is -0.128. The van der Waals surface area contributed by atoms with Crippen molar-refractivity contribution in [1.82, 2.24) is 14.7 Å². The maximum Gasteiger partial charge on any atom is 0.409 e. The predicted molar refractivity (Wildman–Crippen MR) is 172 cm³/mol. The highest BCUT2D eigenvalue weighted by Crippen LogP contribution is 2.64. The number of fused-ring (bicyclic) bond motifs is 4. The van der Waals surface area contributed by atoms with E-state index in [1.807, 2.05) is 19.9 Å². The zero-order valence-electron chi connectivity index (χ0n) is 26.8. The predicted octanol–water partition coefficient (Wildman–Crippen LogP) is 4.88. The number of ether oxygens (including phenoxy) is 1. The summed E-state index contributed by atoms with van der Waals surface area (Å²) in [6, 6.07) is 12.1. The number of nitrogens with zero attached hydrogens (tertiary/aromatic N) is 3. The van der Waals surface area contributed by atoms with E-state index in [4.69, 9.17) is 4.74 Å². The molecule has 2 aliphatic carbocycles. The molecule has 3 atom stereocenters. The molecule has 7 rings (SSSR count). The van der Waals surface area contributed by atoms with Crippen LogP contribution in [-0.4, -0.2) is 97.7 Å². The molecule has 9 nitrogen and oxygen atoms in total. The quantitative estimate of drug-likeness (QED) is 0.397. The van der Waals surface area contributed by atoms with Crippen molar-refractivity contribution in [2.45, 2.75) is 62.3 Å². The Morgan fingerprint density at radius 1 is 1.00 bits per heavy atom. The van der Waals surface area contributed by atoms with Crippen molar-refractivity contribution in [2.24, 2.45) is 16.7 Å². The summed E-state index contributed by atoms with van der Waals surface area (Å²) in [7, 11) is -4.33. The minimum Gasteiger partial charge on any atom is -0.748 e. The number of Topliss-reactive ketones (excluding diaryl/α,β-unsaturated/α-hetero) is 1. The van der Waals surface area contributed by atoms with Crippen LogP contribution in [0.2, 0.25) is 0 Å². The standard InChI is InChI=1S/C24H28FN3O2S.C10H16O4S/c1-17-2-4-22-18(14-17)15-21(20-16-19(25)3-5-23(20)31-22)27-9-6-26(7-10-27)8-11-28-12-13-30-24(28)29;1-9(2)7-3-4-10(9,8(11)5-7)6-15(12,13)14/h2-5,14,16,21H,6-13,15H2,1H3;7H,3-6H2,1-2H3,(H,12,13,14)/p-1/t21-;7?,10-/m01/s1. The Labute approximate surface area is 275 Å². The lowest BCUT2D eigenvalue weighted by Crippen LogP contribution is -2.49. The second-order valence-electron chi connectivity index (χ2n) is 14.0. The van der Waals surface area contributed by atoms with Crippen molar-refractivity contribution in [3.63, 3.8) is 0 Å². The third-order valence-electron chi connectivity index (χ3n) is 11.1. The van der Waals surface area contributed by atoms with Crippen molar-refractivity contribution in [3.8, 4) is 0 Å². The first-order valence-electron chi connectivity index (χ1n) is 16.2. The second kappa shape index (κ2) is 12.8. The van der Waals surface area contributed by atoms with Gasteiger partial charge < -0.3 is 14.2 Å². The van der Waals surface area contributed by atoms with Gasteiger partial charge in [-0.05, 0) is 72.9 Å². The van der Waals surface area contributed by atoms with Crippen LogP contribution >= 0.6 is 11.8 Å². The Hall–Kier alpha value is -2.51. The average molecular weight is 673 g/mol. The summed E-state index contributed by atoms with van der Waals surface area (Å²) in [5.74, 6) is -0.444. The molecule has 12 heteroatoms. The van der Waals surface area contributed by atoms with Crippen LogP contribution in [0.4, 0.5) is 9.18 Å². The van der Waals surface area contributed by atoms with E-state index < -0.39 is 21.3 Å². The Morgan fingerprint density at radius 2 is 1.74 bits per heavy atom. The smallest absolute Gasteiger partial charge is 0.409 e. The van der Waals surface area contributed by atoms with E-state index in [-0.39, 0.29) is 35.1 Å². The molecular weight excluding hydrogens is 630 g/mol. The van der Waals surface area contributed by atoms with Crippen molar-refractivity contribution in [2.75, 3.05) is 58.2 Å². The molecule has 1 unspecified atom stereocenters. The van der Waals surface area contributed by atoms with Gasteiger partial charge in [0.25, 0.3) is 0 Å². The zero-order chi connectivity index (χ0) is 32.9. The topological polar surface area (TPSA) is 110 Å².